The fraction of sp³-hybridized carbons (Fsp3) is 0.857. The van der Waals surface area contributed by atoms with E-state index in [4.69, 9.17) is 9.47 Å². The van der Waals surface area contributed by atoms with E-state index < -0.39 is 11.4 Å². The van der Waals surface area contributed by atoms with Crippen molar-refractivity contribution in [3.05, 3.63) is 0 Å². The first-order chi connectivity index (χ1) is 9.60. The summed E-state index contributed by atoms with van der Waals surface area (Å²) in [5.41, 5.74) is -0.707. The van der Waals surface area contributed by atoms with Gasteiger partial charge in [0.15, 0.2) is 0 Å². The van der Waals surface area contributed by atoms with Crippen LogP contribution in [-0.4, -0.2) is 61.4 Å². The van der Waals surface area contributed by atoms with Crippen molar-refractivity contribution in [2.45, 2.75) is 26.2 Å². The van der Waals surface area contributed by atoms with Gasteiger partial charge < -0.3 is 19.5 Å². The van der Waals surface area contributed by atoms with Crippen molar-refractivity contribution in [2.75, 3.05) is 39.5 Å². The van der Waals surface area contributed by atoms with Gasteiger partial charge in [-0.05, 0) is 25.7 Å². The van der Waals surface area contributed by atoms with Crippen molar-refractivity contribution in [2.24, 2.45) is 11.3 Å². The van der Waals surface area contributed by atoms with Crippen LogP contribution in [0.2, 0.25) is 0 Å². The van der Waals surface area contributed by atoms with E-state index in [0.717, 1.165) is 12.8 Å². The highest BCUT2D eigenvalue weighted by Gasteiger charge is 2.55. The Labute approximate surface area is 119 Å². The summed E-state index contributed by atoms with van der Waals surface area (Å²) in [5, 5.41) is 9.46. The minimum atomic E-state index is -0.757. The fourth-order valence-corrected chi connectivity index (χ4v) is 3.34. The summed E-state index contributed by atoms with van der Waals surface area (Å²) in [6, 6.07) is 0. The molecule has 0 radical (unpaired) electrons. The maximum absolute atomic E-state index is 12.0. The Bertz CT molecular complexity index is 373. The van der Waals surface area contributed by atoms with Crippen LogP contribution in [0.5, 0.6) is 0 Å². The van der Waals surface area contributed by atoms with Crippen molar-refractivity contribution < 1.29 is 24.2 Å². The van der Waals surface area contributed by atoms with Gasteiger partial charge in [0.2, 0.25) is 5.91 Å². The second-order valence-electron chi connectivity index (χ2n) is 5.57. The molecule has 2 fully saturated rings. The van der Waals surface area contributed by atoms with Crippen LogP contribution in [-0.2, 0) is 19.1 Å². The standard InChI is InChI=1S/C14H23NO5/c1-2-19-6-7-20-9-12(16)15-8-11-4-3-5-14(11,10-15)13(17)18/h11H,2-10H2,1H3,(H,17,18)/t11-,14+/m0/s1. The average molecular weight is 285 g/mol. The molecular weight excluding hydrogens is 262 g/mol. The van der Waals surface area contributed by atoms with E-state index in [1.807, 2.05) is 6.92 Å². The fourth-order valence-electron chi connectivity index (χ4n) is 3.34. The molecule has 1 aliphatic heterocycles. The Hall–Kier alpha value is -1.14. The quantitative estimate of drug-likeness (QED) is 0.699. The number of aliphatic carboxylic acids is 1. The molecule has 0 aromatic carbocycles. The van der Waals surface area contributed by atoms with Crippen LogP contribution in [0.4, 0.5) is 0 Å². The zero-order valence-corrected chi connectivity index (χ0v) is 12.0. The van der Waals surface area contributed by atoms with Crippen molar-refractivity contribution in [3.8, 4) is 0 Å². The molecule has 1 heterocycles. The van der Waals surface area contributed by atoms with Crippen LogP contribution >= 0.6 is 0 Å². The lowest BCUT2D eigenvalue weighted by molar-refractivity contribution is -0.149. The van der Waals surface area contributed by atoms with Crippen LogP contribution in [0, 0.1) is 11.3 Å². The Morgan fingerprint density at radius 2 is 2.10 bits per heavy atom. The Kier molecular flexibility index (Phi) is 4.99. The minimum absolute atomic E-state index is 0.00942. The maximum atomic E-state index is 12.0. The number of hydrogen-bond acceptors (Lipinski definition) is 4. The first kappa shape index (κ1) is 15.3. The topological polar surface area (TPSA) is 76.1 Å². The number of amides is 1. The second kappa shape index (κ2) is 6.54. The molecule has 20 heavy (non-hydrogen) atoms. The summed E-state index contributed by atoms with van der Waals surface area (Å²) < 4.78 is 10.4. The number of hydrogen-bond donors (Lipinski definition) is 1. The highest BCUT2D eigenvalue weighted by Crippen LogP contribution is 2.48. The van der Waals surface area contributed by atoms with Gasteiger partial charge >= 0.3 is 5.97 Å². The van der Waals surface area contributed by atoms with Gasteiger partial charge in [-0.2, -0.15) is 0 Å². The van der Waals surface area contributed by atoms with Gasteiger partial charge in [0.25, 0.3) is 0 Å². The van der Waals surface area contributed by atoms with Gasteiger partial charge in [-0.3, -0.25) is 9.59 Å². The van der Waals surface area contributed by atoms with Crippen molar-refractivity contribution in [1.82, 2.24) is 4.90 Å². The van der Waals surface area contributed by atoms with Crippen LogP contribution < -0.4 is 0 Å². The molecule has 1 N–H and O–H groups in total. The molecule has 0 bridgehead atoms. The van der Waals surface area contributed by atoms with Crippen LogP contribution in [0.15, 0.2) is 0 Å². The smallest absolute Gasteiger partial charge is 0.311 e. The molecule has 0 spiro atoms. The predicted molar refractivity (Wildman–Crippen MR) is 71.3 cm³/mol. The normalized spacial score (nSPS) is 28.6. The average Bonchev–Trinajstić information content (AvgIpc) is 2.95. The summed E-state index contributed by atoms with van der Waals surface area (Å²) in [7, 11) is 0. The monoisotopic (exact) mass is 285 g/mol. The Balaban J connectivity index is 1.80. The molecule has 114 valence electrons. The zero-order chi connectivity index (χ0) is 14.6. The first-order valence-corrected chi connectivity index (χ1v) is 7.27. The first-order valence-electron chi connectivity index (χ1n) is 7.27. The molecule has 2 aliphatic rings. The molecular formula is C14H23NO5. The lowest BCUT2D eigenvalue weighted by atomic mass is 9.81. The van der Waals surface area contributed by atoms with Crippen LogP contribution in [0.25, 0.3) is 0 Å². The number of carbonyl (C=O) groups excluding carboxylic acids is 1. The van der Waals surface area contributed by atoms with E-state index in [2.05, 4.69) is 0 Å². The largest absolute Gasteiger partial charge is 0.481 e. The van der Waals surface area contributed by atoms with Crippen molar-refractivity contribution >= 4 is 11.9 Å². The molecule has 1 aliphatic carbocycles. The van der Waals surface area contributed by atoms with Gasteiger partial charge in [0.1, 0.15) is 6.61 Å². The zero-order valence-electron chi connectivity index (χ0n) is 12.0. The van der Waals surface area contributed by atoms with E-state index in [1.54, 1.807) is 4.90 Å². The van der Waals surface area contributed by atoms with Gasteiger partial charge in [-0.25, -0.2) is 0 Å². The summed E-state index contributed by atoms with van der Waals surface area (Å²) in [6.45, 7) is 4.30. The van der Waals surface area contributed by atoms with Gasteiger partial charge in [-0.1, -0.05) is 6.42 Å². The third-order valence-corrected chi connectivity index (χ3v) is 4.45. The number of rotatable bonds is 7. The molecule has 6 heteroatoms. The van der Waals surface area contributed by atoms with E-state index in [-0.39, 0.29) is 18.4 Å². The number of ether oxygens (including phenoxy) is 2. The SMILES string of the molecule is CCOCCOCC(=O)N1C[C@@H]2CCC[C@@]2(C(=O)O)C1. The molecule has 1 amide bonds. The number of fused-ring (bicyclic) bond motifs is 1. The Morgan fingerprint density at radius 3 is 2.75 bits per heavy atom. The third kappa shape index (κ3) is 2.96. The van der Waals surface area contributed by atoms with Crippen LogP contribution in [0.3, 0.4) is 0 Å². The molecule has 0 unspecified atom stereocenters. The number of carbonyl (C=O) groups is 2. The second-order valence-corrected chi connectivity index (χ2v) is 5.57. The summed E-state index contributed by atoms with van der Waals surface area (Å²) in [6.07, 6.45) is 2.53. The van der Waals surface area contributed by atoms with E-state index in [0.29, 0.717) is 39.3 Å². The third-order valence-electron chi connectivity index (χ3n) is 4.45. The number of likely N-dealkylation sites (tertiary alicyclic amines) is 1. The number of nitrogens with zero attached hydrogens (tertiary/aromatic N) is 1. The molecule has 6 nitrogen and oxygen atoms in total. The number of carboxylic acid groups (broad SMARTS) is 1. The van der Waals surface area contributed by atoms with Crippen LogP contribution in [0.1, 0.15) is 26.2 Å². The molecule has 0 aromatic rings. The van der Waals surface area contributed by atoms with Gasteiger partial charge in [-0.15, -0.1) is 0 Å². The highest BCUT2D eigenvalue weighted by atomic mass is 16.5. The van der Waals surface area contributed by atoms with Crippen molar-refractivity contribution in [3.63, 3.8) is 0 Å². The van der Waals surface area contributed by atoms with Gasteiger partial charge in [0.05, 0.1) is 18.6 Å². The van der Waals surface area contributed by atoms with Gasteiger partial charge in [0, 0.05) is 19.7 Å². The summed E-state index contributed by atoms with van der Waals surface area (Å²) >= 11 is 0. The minimum Gasteiger partial charge on any atom is -0.481 e. The van der Waals surface area contributed by atoms with E-state index in [9.17, 15) is 14.7 Å². The molecule has 2 atom stereocenters. The predicted octanol–water partition coefficient (Wildman–Crippen LogP) is 0.753. The number of carboxylic acids is 1. The van der Waals surface area contributed by atoms with E-state index in [1.165, 1.54) is 0 Å². The lowest BCUT2D eigenvalue weighted by Crippen LogP contribution is -2.38. The highest BCUT2D eigenvalue weighted by molar-refractivity contribution is 5.82. The van der Waals surface area contributed by atoms with E-state index >= 15 is 0 Å². The summed E-state index contributed by atoms with van der Waals surface area (Å²) in [4.78, 5) is 25.2. The Morgan fingerprint density at radius 1 is 1.35 bits per heavy atom. The lowest BCUT2D eigenvalue weighted by Gasteiger charge is -2.23. The molecule has 0 aromatic heterocycles. The molecule has 2 rings (SSSR count). The summed E-state index contributed by atoms with van der Waals surface area (Å²) in [5.74, 6) is -0.767. The molecule has 1 saturated heterocycles. The van der Waals surface area contributed by atoms with Crippen molar-refractivity contribution in [1.29, 1.82) is 0 Å². The maximum Gasteiger partial charge on any atom is 0.311 e. The molecule has 1 saturated carbocycles.